The summed E-state index contributed by atoms with van der Waals surface area (Å²) in [5, 5.41) is 8.88. The Morgan fingerprint density at radius 1 is 1.42 bits per heavy atom. The Morgan fingerprint density at radius 2 is 2.21 bits per heavy atom. The Labute approximate surface area is 114 Å². The van der Waals surface area contributed by atoms with Gasteiger partial charge in [-0.1, -0.05) is 6.07 Å². The lowest BCUT2D eigenvalue weighted by Crippen LogP contribution is -2.35. The van der Waals surface area contributed by atoms with Crippen LogP contribution in [-0.2, 0) is 10.0 Å². The molecule has 5 nitrogen and oxygen atoms in total. The molecule has 106 valence electrons. The van der Waals surface area contributed by atoms with E-state index in [1.807, 2.05) is 0 Å². The lowest BCUT2D eigenvalue weighted by atomic mass is 10.1. The van der Waals surface area contributed by atoms with E-state index in [-0.39, 0.29) is 17.5 Å². The molecule has 3 N–H and O–H groups in total. The van der Waals surface area contributed by atoms with Crippen molar-refractivity contribution in [3.8, 4) is 0 Å². The van der Waals surface area contributed by atoms with Crippen LogP contribution in [-0.4, -0.2) is 37.0 Å². The van der Waals surface area contributed by atoms with E-state index in [4.69, 9.17) is 10.8 Å². The molecule has 1 aliphatic heterocycles. The maximum absolute atomic E-state index is 12.6. The van der Waals surface area contributed by atoms with Crippen molar-refractivity contribution in [3.63, 3.8) is 0 Å². The highest BCUT2D eigenvalue weighted by atomic mass is 32.2. The number of nitrogen functional groups attached to an aromatic ring is 1. The fourth-order valence-electron chi connectivity index (χ4n) is 2.55. The normalized spacial score (nSPS) is 20.8. The average Bonchev–Trinajstić information content (AvgIpc) is 2.85. The molecule has 1 saturated heterocycles. The summed E-state index contributed by atoms with van der Waals surface area (Å²) in [6.45, 7) is 0.649. The minimum Gasteiger partial charge on any atom is -0.399 e. The molecule has 1 aliphatic rings. The molecule has 1 aromatic rings. The van der Waals surface area contributed by atoms with Gasteiger partial charge in [0.1, 0.15) is 0 Å². The zero-order chi connectivity index (χ0) is 13.9. The summed E-state index contributed by atoms with van der Waals surface area (Å²) in [4.78, 5) is 0.253. The van der Waals surface area contributed by atoms with Crippen molar-refractivity contribution in [1.82, 2.24) is 4.31 Å². The lowest BCUT2D eigenvalue weighted by molar-refractivity contribution is 0.264. The van der Waals surface area contributed by atoms with Gasteiger partial charge in [0, 0.05) is 24.9 Å². The van der Waals surface area contributed by atoms with Gasteiger partial charge in [-0.25, -0.2) is 8.42 Å². The van der Waals surface area contributed by atoms with E-state index in [0.717, 1.165) is 12.8 Å². The molecule has 19 heavy (non-hydrogen) atoms. The largest absolute Gasteiger partial charge is 0.399 e. The van der Waals surface area contributed by atoms with Crippen molar-refractivity contribution >= 4 is 15.7 Å². The van der Waals surface area contributed by atoms with E-state index in [2.05, 4.69) is 0 Å². The first-order valence-electron chi connectivity index (χ1n) is 6.54. The van der Waals surface area contributed by atoms with E-state index in [9.17, 15) is 8.42 Å². The number of nitrogens with zero attached hydrogens (tertiary/aromatic N) is 1. The number of benzene rings is 1. The third-order valence-electron chi connectivity index (χ3n) is 3.48. The van der Waals surface area contributed by atoms with Gasteiger partial charge in [-0.05, 0) is 43.9 Å². The van der Waals surface area contributed by atoms with Gasteiger partial charge in [-0.2, -0.15) is 4.31 Å². The summed E-state index contributed by atoms with van der Waals surface area (Å²) >= 11 is 0. The molecular formula is C13H20N2O3S. The second-order valence-electron chi connectivity index (χ2n) is 4.85. The monoisotopic (exact) mass is 284 g/mol. The van der Waals surface area contributed by atoms with Crippen LogP contribution in [0.3, 0.4) is 0 Å². The standard InChI is InChI=1S/C13H20N2O3S/c14-11-4-1-7-13(10-11)19(17,18)15-8-2-5-12(15)6-3-9-16/h1,4,7,10,12,16H,2-3,5-6,8-9,14H2. The maximum atomic E-state index is 12.6. The highest BCUT2D eigenvalue weighted by Gasteiger charge is 2.34. The Bertz CT molecular complexity index is 530. The van der Waals surface area contributed by atoms with Crippen LogP contribution in [0.2, 0.25) is 0 Å². The summed E-state index contributed by atoms with van der Waals surface area (Å²) in [6, 6.07) is 6.40. The molecule has 0 aromatic heterocycles. The minimum absolute atomic E-state index is 0.00131. The van der Waals surface area contributed by atoms with Gasteiger partial charge in [-0.15, -0.1) is 0 Å². The van der Waals surface area contributed by atoms with Crippen LogP contribution in [0, 0.1) is 0 Å². The maximum Gasteiger partial charge on any atom is 0.243 e. The predicted molar refractivity (Wildman–Crippen MR) is 74.1 cm³/mol. The van der Waals surface area contributed by atoms with Gasteiger partial charge in [0.2, 0.25) is 10.0 Å². The van der Waals surface area contributed by atoms with Crippen molar-refractivity contribution in [1.29, 1.82) is 0 Å². The molecule has 0 saturated carbocycles. The molecular weight excluding hydrogens is 264 g/mol. The van der Waals surface area contributed by atoms with Crippen molar-refractivity contribution in [2.24, 2.45) is 0 Å². The molecule has 1 aromatic carbocycles. The number of aliphatic hydroxyl groups is 1. The molecule has 1 unspecified atom stereocenters. The van der Waals surface area contributed by atoms with Crippen LogP contribution in [0.5, 0.6) is 0 Å². The smallest absolute Gasteiger partial charge is 0.243 e. The number of aliphatic hydroxyl groups excluding tert-OH is 1. The number of anilines is 1. The van der Waals surface area contributed by atoms with E-state index >= 15 is 0 Å². The van der Waals surface area contributed by atoms with Crippen LogP contribution in [0.1, 0.15) is 25.7 Å². The molecule has 0 spiro atoms. The van der Waals surface area contributed by atoms with Gasteiger partial charge in [0.25, 0.3) is 0 Å². The first-order chi connectivity index (χ1) is 9.05. The van der Waals surface area contributed by atoms with Crippen LogP contribution in [0.4, 0.5) is 5.69 Å². The molecule has 0 amide bonds. The summed E-state index contributed by atoms with van der Waals surface area (Å²) in [5.41, 5.74) is 6.10. The quantitative estimate of drug-likeness (QED) is 0.796. The van der Waals surface area contributed by atoms with Crippen LogP contribution >= 0.6 is 0 Å². The summed E-state index contributed by atoms with van der Waals surface area (Å²) in [7, 11) is -3.47. The van der Waals surface area contributed by atoms with Gasteiger partial charge in [-0.3, -0.25) is 0 Å². The Morgan fingerprint density at radius 3 is 2.89 bits per heavy atom. The molecule has 1 heterocycles. The zero-order valence-electron chi connectivity index (χ0n) is 10.8. The van der Waals surface area contributed by atoms with Crippen LogP contribution in [0.15, 0.2) is 29.2 Å². The van der Waals surface area contributed by atoms with Crippen LogP contribution in [0.25, 0.3) is 0 Å². The lowest BCUT2D eigenvalue weighted by Gasteiger charge is -2.24. The van der Waals surface area contributed by atoms with Gasteiger partial charge in [0.15, 0.2) is 0 Å². The molecule has 2 rings (SSSR count). The molecule has 6 heteroatoms. The molecule has 0 radical (unpaired) electrons. The Balaban J connectivity index is 2.23. The first-order valence-corrected chi connectivity index (χ1v) is 7.98. The highest BCUT2D eigenvalue weighted by molar-refractivity contribution is 7.89. The van der Waals surface area contributed by atoms with Crippen molar-refractivity contribution < 1.29 is 13.5 Å². The molecule has 1 atom stereocenters. The molecule has 0 aliphatic carbocycles. The average molecular weight is 284 g/mol. The number of rotatable bonds is 5. The fourth-order valence-corrected chi connectivity index (χ4v) is 4.33. The predicted octanol–water partition coefficient (Wildman–Crippen LogP) is 1.19. The second kappa shape index (κ2) is 5.90. The van der Waals surface area contributed by atoms with E-state index in [0.29, 0.717) is 25.1 Å². The second-order valence-corrected chi connectivity index (χ2v) is 6.74. The Hall–Kier alpha value is -1.11. The van der Waals surface area contributed by atoms with Crippen LogP contribution < -0.4 is 5.73 Å². The number of hydrogen-bond donors (Lipinski definition) is 2. The summed E-state index contributed by atoms with van der Waals surface area (Å²) < 4.78 is 26.7. The van der Waals surface area contributed by atoms with E-state index in [1.165, 1.54) is 6.07 Å². The minimum atomic E-state index is -3.47. The highest BCUT2D eigenvalue weighted by Crippen LogP contribution is 2.29. The number of sulfonamides is 1. The third kappa shape index (κ3) is 3.08. The zero-order valence-corrected chi connectivity index (χ0v) is 11.6. The van der Waals surface area contributed by atoms with Crippen molar-refractivity contribution in [2.75, 3.05) is 18.9 Å². The van der Waals surface area contributed by atoms with Gasteiger partial charge >= 0.3 is 0 Å². The van der Waals surface area contributed by atoms with Gasteiger partial charge in [0.05, 0.1) is 4.90 Å². The number of nitrogens with two attached hydrogens (primary N) is 1. The summed E-state index contributed by atoms with van der Waals surface area (Å²) in [6.07, 6.45) is 3.07. The SMILES string of the molecule is Nc1cccc(S(=O)(=O)N2CCCC2CCCO)c1. The summed E-state index contributed by atoms with van der Waals surface area (Å²) in [5.74, 6) is 0. The number of hydrogen-bond acceptors (Lipinski definition) is 4. The Kier molecular flexibility index (Phi) is 4.44. The third-order valence-corrected chi connectivity index (χ3v) is 5.43. The topological polar surface area (TPSA) is 83.6 Å². The molecule has 1 fully saturated rings. The van der Waals surface area contributed by atoms with Crippen molar-refractivity contribution in [3.05, 3.63) is 24.3 Å². The molecule has 0 bridgehead atoms. The van der Waals surface area contributed by atoms with Crippen molar-refractivity contribution in [2.45, 2.75) is 36.6 Å². The first kappa shape index (κ1) is 14.3. The van der Waals surface area contributed by atoms with E-state index < -0.39 is 10.0 Å². The van der Waals surface area contributed by atoms with E-state index in [1.54, 1.807) is 22.5 Å². The van der Waals surface area contributed by atoms with Gasteiger partial charge < -0.3 is 10.8 Å². The fraction of sp³-hybridized carbons (Fsp3) is 0.538.